The topological polar surface area (TPSA) is 0 Å². The van der Waals surface area contributed by atoms with Crippen molar-refractivity contribution >= 4 is 11.6 Å². The summed E-state index contributed by atoms with van der Waals surface area (Å²) in [6.07, 6.45) is 5.20. The first-order valence-corrected chi connectivity index (χ1v) is 5.93. The van der Waals surface area contributed by atoms with Crippen molar-refractivity contribution in [3.8, 4) is 0 Å². The van der Waals surface area contributed by atoms with Crippen LogP contribution < -0.4 is 0 Å². The van der Waals surface area contributed by atoms with Gasteiger partial charge < -0.3 is 0 Å². The Morgan fingerprint density at radius 3 is 2.57 bits per heavy atom. The molecule has 1 heteroatoms. The maximum atomic E-state index is 6.15. The van der Waals surface area contributed by atoms with Gasteiger partial charge in [0.05, 0.1) is 0 Å². The van der Waals surface area contributed by atoms with Gasteiger partial charge in [-0.25, -0.2) is 0 Å². The number of halogens is 1. The molecule has 0 spiro atoms. The molecule has 76 valence electrons. The van der Waals surface area contributed by atoms with Gasteiger partial charge in [0.25, 0.3) is 0 Å². The lowest BCUT2D eigenvalue weighted by Crippen LogP contribution is -2.24. The molecule has 0 heterocycles. The van der Waals surface area contributed by atoms with Crippen LogP contribution >= 0.6 is 11.6 Å². The highest BCUT2D eigenvalue weighted by atomic mass is 35.5. The summed E-state index contributed by atoms with van der Waals surface area (Å²) in [5, 5.41) is 0. The first kappa shape index (κ1) is 10.0. The fraction of sp³-hybridized carbons (Fsp3) is 0.538. The predicted octanol–water partition coefficient (Wildman–Crippen LogP) is 4.05. The Morgan fingerprint density at radius 1 is 1.29 bits per heavy atom. The first-order valence-electron chi connectivity index (χ1n) is 5.40. The lowest BCUT2D eigenvalue weighted by molar-refractivity contribution is 0.498. The van der Waals surface area contributed by atoms with E-state index < -0.39 is 0 Å². The van der Waals surface area contributed by atoms with E-state index in [4.69, 9.17) is 11.6 Å². The van der Waals surface area contributed by atoms with E-state index in [9.17, 15) is 0 Å². The summed E-state index contributed by atoms with van der Waals surface area (Å²) in [5.74, 6) is 0.774. The molecule has 14 heavy (non-hydrogen) atoms. The van der Waals surface area contributed by atoms with E-state index in [1.165, 1.54) is 36.8 Å². The van der Waals surface area contributed by atoms with Gasteiger partial charge in [0.15, 0.2) is 0 Å². The zero-order chi connectivity index (χ0) is 10.0. The molecule has 1 fully saturated rings. The molecule has 0 N–H and O–H groups in total. The largest absolute Gasteiger partial charge is 0.126 e. The summed E-state index contributed by atoms with van der Waals surface area (Å²) in [4.78, 5) is 0. The molecule has 0 nitrogen and oxygen atoms in total. The van der Waals surface area contributed by atoms with E-state index >= 15 is 0 Å². The van der Waals surface area contributed by atoms with E-state index in [2.05, 4.69) is 31.2 Å². The third kappa shape index (κ3) is 1.68. The van der Waals surface area contributed by atoms with Gasteiger partial charge in [-0.05, 0) is 25.3 Å². The molecule has 0 atom stereocenters. The summed E-state index contributed by atoms with van der Waals surface area (Å²) in [6.45, 7) is 2.15. The Bertz CT molecular complexity index is 311. The van der Waals surface area contributed by atoms with E-state index in [0.717, 1.165) is 5.88 Å². The van der Waals surface area contributed by atoms with E-state index in [-0.39, 0.29) is 5.41 Å². The van der Waals surface area contributed by atoms with Crippen molar-refractivity contribution in [1.29, 1.82) is 0 Å². The fourth-order valence-electron chi connectivity index (χ4n) is 2.53. The summed E-state index contributed by atoms with van der Waals surface area (Å²) < 4.78 is 0. The van der Waals surface area contributed by atoms with Crippen molar-refractivity contribution < 1.29 is 0 Å². The van der Waals surface area contributed by atoms with Crippen LogP contribution in [0.1, 0.15) is 36.8 Å². The van der Waals surface area contributed by atoms with Gasteiger partial charge in [-0.2, -0.15) is 0 Å². The van der Waals surface area contributed by atoms with Crippen molar-refractivity contribution in [3.05, 3.63) is 35.4 Å². The van der Waals surface area contributed by atoms with Crippen LogP contribution in [-0.2, 0) is 5.41 Å². The van der Waals surface area contributed by atoms with Crippen LogP contribution in [0, 0.1) is 6.92 Å². The second-order valence-corrected chi connectivity index (χ2v) is 4.76. The highest BCUT2D eigenvalue weighted by molar-refractivity contribution is 6.18. The van der Waals surface area contributed by atoms with Crippen LogP contribution in [0.2, 0.25) is 0 Å². The Balaban J connectivity index is 2.35. The second kappa shape index (κ2) is 3.94. The Kier molecular flexibility index (Phi) is 2.83. The average Bonchev–Trinajstić information content (AvgIpc) is 2.67. The van der Waals surface area contributed by atoms with Crippen LogP contribution in [0.15, 0.2) is 24.3 Å². The van der Waals surface area contributed by atoms with Crippen molar-refractivity contribution in [2.24, 2.45) is 0 Å². The van der Waals surface area contributed by atoms with Crippen LogP contribution in [0.5, 0.6) is 0 Å². The number of hydrogen-bond acceptors (Lipinski definition) is 0. The minimum Gasteiger partial charge on any atom is -0.126 e. The molecule has 0 aromatic heterocycles. The van der Waals surface area contributed by atoms with Gasteiger partial charge in [-0.1, -0.05) is 42.7 Å². The van der Waals surface area contributed by atoms with Crippen LogP contribution in [0.25, 0.3) is 0 Å². The minimum atomic E-state index is 0.285. The monoisotopic (exact) mass is 208 g/mol. The predicted molar refractivity (Wildman–Crippen MR) is 62.0 cm³/mol. The van der Waals surface area contributed by atoms with Gasteiger partial charge in [0.1, 0.15) is 0 Å². The molecule has 0 amide bonds. The molecule has 1 aromatic rings. The molecule has 1 aliphatic rings. The third-order valence-electron chi connectivity index (χ3n) is 3.45. The molecule has 0 saturated heterocycles. The van der Waals surface area contributed by atoms with Crippen molar-refractivity contribution in [1.82, 2.24) is 0 Å². The normalized spacial score (nSPS) is 19.9. The molecule has 1 aromatic carbocycles. The Hall–Kier alpha value is -0.490. The fourth-order valence-corrected chi connectivity index (χ4v) is 2.95. The molecule has 0 aliphatic heterocycles. The number of aryl methyl sites for hydroxylation is 1. The smallest absolute Gasteiger partial charge is 0.0320 e. The van der Waals surface area contributed by atoms with E-state index in [0.29, 0.717) is 0 Å². The van der Waals surface area contributed by atoms with Gasteiger partial charge in [0.2, 0.25) is 0 Å². The Labute approximate surface area is 91.3 Å². The van der Waals surface area contributed by atoms with Gasteiger partial charge in [0, 0.05) is 11.3 Å². The number of hydrogen-bond donors (Lipinski definition) is 0. The molecule has 1 saturated carbocycles. The molecule has 0 unspecified atom stereocenters. The molecular weight excluding hydrogens is 192 g/mol. The molecule has 1 aliphatic carbocycles. The van der Waals surface area contributed by atoms with Crippen LogP contribution in [-0.4, -0.2) is 5.88 Å². The lowest BCUT2D eigenvalue weighted by atomic mass is 9.80. The highest BCUT2D eigenvalue weighted by Gasteiger charge is 2.34. The van der Waals surface area contributed by atoms with Gasteiger partial charge in [-0.3, -0.25) is 0 Å². The number of benzene rings is 1. The van der Waals surface area contributed by atoms with Crippen molar-refractivity contribution in [3.63, 3.8) is 0 Å². The quantitative estimate of drug-likeness (QED) is 0.644. The molecule has 2 rings (SSSR count). The average molecular weight is 209 g/mol. The minimum absolute atomic E-state index is 0.285. The maximum absolute atomic E-state index is 6.15. The van der Waals surface area contributed by atoms with Crippen molar-refractivity contribution in [2.75, 3.05) is 5.88 Å². The van der Waals surface area contributed by atoms with Crippen molar-refractivity contribution in [2.45, 2.75) is 38.0 Å². The zero-order valence-electron chi connectivity index (χ0n) is 8.72. The van der Waals surface area contributed by atoms with Gasteiger partial charge >= 0.3 is 0 Å². The molecular formula is C13H17Cl. The maximum Gasteiger partial charge on any atom is 0.0320 e. The zero-order valence-corrected chi connectivity index (χ0v) is 9.48. The lowest BCUT2D eigenvalue weighted by Gasteiger charge is -2.27. The Morgan fingerprint density at radius 2 is 2.00 bits per heavy atom. The summed E-state index contributed by atoms with van der Waals surface area (Å²) in [6, 6.07) is 8.84. The third-order valence-corrected chi connectivity index (χ3v) is 3.96. The second-order valence-electron chi connectivity index (χ2n) is 4.49. The summed E-state index contributed by atoms with van der Waals surface area (Å²) in [7, 11) is 0. The van der Waals surface area contributed by atoms with Crippen LogP contribution in [0.3, 0.4) is 0 Å². The number of alkyl halides is 1. The van der Waals surface area contributed by atoms with E-state index in [1.54, 1.807) is 0 Å². The summed E-state index contributed by atoms with van der Waals surface area (Å²) >= 11 is 6.15. The SMILES string of the molecule is Cc1cccc(C2(CCl)CCCC2)c1. The standard InChI is InChI=1S/C13H17Cl/c1-11-5-4-6-12(9-11)13(10-14)7-2-3-8-13/h4-6,9H,2-3,7-8,10H2,1H3. The highest BCUT2D eigenvalue weighted by Crippen LogP contribution is 2.42. The van der Waals surface area contributed by atoms with Crippen LogP contribution in [0.4, 0.5) is 0 Å². The van der Waals surface area contributed by atoms with Gasteiger partial charge in [-0.15, -0.1) is 11.6 Å². The number of rotatable bonds is 2. The molecule has 0 radical (unpaired) electrons. The summed E-state index contributed by atoms with van der Waals surface area (Å²) in [5.41, 5.74) is 3.08. The first-order chi connectivity index (χ1) is 6.77. The molecule has 0 bridgehead atoms. The van der Waals surface area contributed by atoms with E-state index in [1.807, 2.05) is 0 Å².